The van der Waals surface area contributed by atoms with E-state index in [4.69, 9.17) is 4.74 Å². The molecule has 1 aliphatic carbocycles. The number of carbonyl (C=O) groups is 1. The van der Waals surface area contributed by atoms with E-state index < -0.39 is 17.7 Å². The Morgan fingerprint density at radius 1 is 1.14 bits per heavy atom. The van der Waals surface area contributed by atoms with Crippen LogP contribution in [0.5, 0.6) is 5.75 Å². The molecular weight excluding hydrogens is 455 g/mol. The Bertz CT molecular complexity index is 1030. The predicted molar refractivity (Wildman–Crippen MR) is 131 cm³/mol. The maximum Gasteiger partial charge on any atom is 0.420 e. The van der Waals surface area contributed by atoms with Crippen LogP contribution in [0, 0.1) is 11.8 Å². The van der Waals surface area contributed by atoms with E-state index in [0.29, 0.717) is 17.8 Å². The first kappa shape index (κ1) is 25.8. The molecule has 2 aromatic rings. The molecule has 0 radical (unpaired) electrons. The fourth-order valence-electron chi connectivity index (χ4n) is 5.94. The molecule has 2 atom stereocenters. The molecule has 192 valence electrons. The summed E-state index contributed by atoms with van der Waals surface area (Å²) in [6.45, 7) is 5.68. The first-order valence-corrected chi connectivity index (χ1v) is 12.9. The number of hydrogen-bond acceptors (Lipinski definition) is 3. The molecule has 2 fully saturated rings. The van der Waals surface area contributed by atoms with Crippen molar-refractivity contribution < 1.29 is 27.8 Å². The zero-order valence-corrected chi connectivity index (χ0v) is 20.6. The lowest BCUT2D eigenvalue weighted by Gasteiger charge is -2.38. The second kappa shape index (κ2) is 10.8. The number of benzene rings is 2. The molecule has 0 bridgehead atoms. The summed E-state index contributed by atoms with van der Waals surface area (Å²) in [5.41, 5.74) is 0.151. The van der Waals surface area contributed by atoms with Gasteiger partial charge in [-0.05, 0) is 91.8 Å². The Labute approximate surface area is 205 Å². The number of rotatable bonds is 7. The average Bonchev–Trinajstić information content (AvgIpc) is 2.80. The molecule has 0 amide bonds. The summed E-state index contributed by atoms with van der Waals surface area (Å²) in [6, 6.07) is 8.51. The highest BCUT2D eigenvalue weighted by Crippen LogP contribution is 2.44. The minimum Gasteiger partial charge on any atom is -0.490 e. The van der Waals surface area contributed by atoms with Crippen molar-refractivity contribution >= 4 is 16.7 Å². The van der Waals surface area contributed by atoms with Crippen LogP contribution >= 0.6 is 0 Å². The van der Waals surface area contributed by atoms with Gasteiger partial charge >= 0.3 is 12.1 Å². The molecule has 1 saturated carbocycles. The number of alkyl halides is 3. The lowest BCUT2D eigenvalue weighted by molar-refractivity contribution is -0.139. The Morgan fingerprint density at radius 3 is 2.51 bits per heavy atom. The van der Waals surface area contributed by atoms with Crippen molar-refractivity contribution in [1.29, 1.82) is 0 Å². The number of carboxylic acids is 1. The van der Waals surface area contributed by atoms with E-state index in [-0.39, 0.29) is 35.6 Å². The molecule has 4 rings (SSSR count). The van der Waals surface area contributed by atoms with Crippen molar-refractivity contribution in [2.24, 2.45) is 11.8 Å². The van der Waals surface area contributed by atoms with Gasteiger partial charge < -0.3 is 9.84 Å². The molecule has 1 saturated heterocycles. The summed E-state index contributed by atoms with van der Waals surface area (Å²) in [5.74, 6) is -0.216. The van der Waals surface area contributed by atoms with Crippen LogP contribution in [-0.2, 0) is 11.0 Å². The van der Waals surface area contributed by atoms with Crippen LogP contribution < -0.4 is 4.74 Å². The Morgan fingerprint density at radius 2 is 1.86 bits per heavy atom. The molecule has 1 N–H and O–H groups in total. The number of halogens is 3. The number of nitrogens with zero attached hydrogens (tertiary/aromatic N) is 1. The maximum absolute atomic E-state index is 14.4. The number of ether oxygens (including phenoxy) is 1. The third-order valence-corrected chi connectivity index (χ3v) is 7.77. The lowest BCUT2D eigenvalue weighted by Crippen LogP contribution is -2.38. The smallest absolute Gasteiger partial charge is 0.420 e. The van der Waals surface area contributed by atoms with Crippen molar-refractivity contribution in [3.05, 3.63) is 41.5 Å². The molecule has 1 heterocycles. The number of piperidine rings is 1. The molecule has 4 nitrogen and oxygen atoms in total. The quantitative estimate of drug-likeness (QED) is 0.437. The summed E-state index contributed by atoms with van der Waals surface area (Å²) in [5, 5.41) is 9.93. The summed E-state index contributed by atoms with van der Waals surface area (Å²) < 4.78 is 49.1. The van der Waals surface area contributed by atoms with Crippen LogP contribution in [0.15, 0.2) is 30.3 Å². The van der Waals surface area contributed by atoms with Gasteiger partial charge in [-0.15, -0.1) is 0 Å². The van der Waals surface area contributed by atoms with Gasteiger partial charge in [0, 0.05) is 19.0 Å². The number of hydrogen-bond donors (Lipinski definition) is 1. The largest absolute Gasteiger partial charge is 0.490 e. The SMILES string of the molecule is CCC(c1ccc2ccc(OC3CCC(C)CC3)c(C(F)(F)F)c2c1)N1CCC[C@H](CC(=O)O)C1. The molecule has 1 unspecified atom stereocenters. The number of carboxylic acid groups (broad SMARTS) is 1. The van der Waals surface area contributed by atoms with Crippen LogP contribution in [0.2, 0.25) is 0 Å². The van der Waals surface area contributed by atoms with Crippen LogP contribution in [0.1, 0.15) is 82.4 Å². The van der Waals surface area contributed by atoms with E-state index in [2.05, 4.69) is 11.8 Å². The van der Waals surface area contributed by atoms with Gasteiger partial charge in [0.2, 0.25) is 0 Å². The normalized spacial score (nSPS) is 24.9. The van der Waals surface area contributed by atoms with E-state index in [1.807, 2.05) is 13.0 Å². The van der Waals surface area contributed by atoms with Crippen LogP contribution in [0.25, 0.3) is 10.8 Å². The fourth-order valence-corrected chi connectivity index (χ4v) is 5.94. The third kappa shape index (κ3) is 6.11. The van der Waals surface area contributed by atoms with Crippen molar-refractivity contribution in [1.82, 2.24) is 4.90 Å². The molecule has 2 aromatic carbocycles. The summed E-state index contributed by atoms with van der Waals surface area (Å²) in [6.07, 6.45) is 1.42. The van der Waals surface area contributed by atoms with Crippen molar-refractivity contribution in [2.45, 2.75) is 83.5 Å². The van der Waals surface area contributed by atoms with Crippen molar-refractivity contribution in [3.8, 4) is 5.75 Å². The van der Waals surface area contributed by atoms with E-state index >= 15 is 0 Å². The average molecular weight is 492 g/mol. The van der Waals surface area contributed by atoms with Gasteiger partial charge in [0.1, 0.15) is 11.3 Å². The second-order valence-corrected chi connectivity index (χ2v) is 10.4. The number of likely N-dealkylation sites (tertiary alicyclic amines) is 1. The molecule has 1 aliphatic heterocycles. The third-order valence-electron chi connectivity index (χ3n) is 7.77. The van der Waals surface area contributed by atoms with Gasteiger partial charge in [0.25, 0.3) is 0 Å². The Kier molecular flexibility index (Phi) is 7.94. The van der Waals surface area contributed by atoms with Crippen molar-refractivity contribution in [2.75, 3.05) is 13.1 Å². The van der Waals surface area contributed by atoms with Crippen LogP contribution in [0.3, 0.4) is 0 Å². The summed E-state index contributed by atoms with van der Waals surface area (Å²) >= 11 is 0. The highest BCUT2D eigenvalue weighted by atomic mass is 19.4. The minimum absolute atomic E-state index is 0.0542. The van der Waals surface area contributed by atoms with Gasteiger partial charge in [-0.3, -0.25) is 9.69 Å². The zero-order chi connectivity index (χ0) is 25.2. The van der Waals surface area contributed by atoms with Crippen LogP contribution in [0.4, 0.5) is 13.2 Å². The van der Waals surface area contributed by atoms with E-state index in [0.717, 1.165) is 57.1 Å². The van der Waals surface area contributed by atoms with E-state index in [1.54, 1.807) is 18.2 Å². The number of aliphatic carboxylic acids is 1. The van der Waals surface area contributed by atoms with Gasteiger partial charge in [0.15, 0.2) is 0 Å². The highest BCUT2D eigenvalue weighted by molar-refractivity contribution is 5.89. The maximum atomic E-state index is 14.4. The molecule has 7 heteroatoms. The highest BCUT2D eigenvalue weighted by Gasteiger charge is 2.38. The second-order valence-electron chi connectivity index (χ2n) is 10.4. The molecular formula is C28H36F3NO3. The first-order chi connectivity index (χ1) is 16.7. The Hall–Kier alpha value is -2.28. The molecule has 2 aliphatic rings. The van der Waals surface area contributed by atoms with Crippen molar-refractivity contribution in [3.63, 3.8) is 0 Å². The van der Waals surface area contributed by atoms with Gasteiger partial charge in [-0.25, -0.2) is 0 Å². The van der Waals surface area contributed by atoms with Gasteiger partial charge in [0.05, 0.1) is 6.10 Å². The topological polar surface area (TPSA) is 49.8 Å². The minimum atomic E-state index is -4.53. The summed E-state index contributed by atoms with van der Waals surface area (Å²) in [7, 11) is 0. The molecule has 0 aromatic heterocycles. The summed E-state index contributed by atoms with van der Waals surface area (Å²) in [4.78, 5) is 13.5. The van der Waals surface area contributed by atoms with Gasteiger partial charge in [-0.2, -0.15) is 13.2 Å². The van der Waals surface area contributed by atoms with Crippen LogP contribution in [-0.4, -0.2) is 35.2 Å². The predicted octanol–water partition coefficient (Wildman–Crippen LogP) is 7.45. The first-order valence-electron chi connectivity index (χ1n) is 12.9. The molecule has 0 spiro atoms. The fraction of sp³-hybridized carbons (Fsp3) is 0.607. The monoisotopic (exact) mass is 491 g/mol. The zero-order valence-electron chi connectivity index (χ0n) is 20.6. The Balaban J connectivity index is 1.67. The lowest BCUT2D eigenvalue weighted by atomic mass is 9.89. The van der Waals surface area contributed by atoms with Gasteiger partial charge in [-0.1, -0.05) is 32.0 Å². The number of fused-ring (bicyclic) bond motifs is 1. The van der Waals surface area contributed by atoms with E-state index in [1.165, 1.54) is 6.07 Å². The molecule has 35 heavy (non-hydrogen) atoms. The van der Waals surface area contributed by atoms with E-state index in [9.17, 15) is 23.1 Å². The standard InChI is InChI=1S/C28H36F3NO3/c1-3-24(32-14-4-5-19(17-32)15-26(33)34)21-9-8-20-10-13-25(27(23(20)16-21)28(29,30)31)35-22-11-6-18(2)7-12-22/h8-10,13,16,18-19,22,24H,3-7,11-12,14-15,17H2,1-2H3,(H,33,34)/t18?,19-,22?,24?/m1/s1.